The summed E-state index contributed by atoms with van der Waals surface area (Å²) in [5, 5.41) is 3.72. The number of azide groups is 1. The third-order valence-electron chi connectivity index (χ3n) is 8.98. The van der Waals surface area contributed by atoms with Gasteiger partial charge in [0.2, 0.25) is 0 Å². The van der Waals surface area contributed by atoms with Crippen LogP contribution in [0.4, 0.5) is 0 Å². The van der Waals surface area contributed by atoms with E-state index in [1.54, 1.807) is 6.92 Å². The van der Waals surface area contributed by atoms with E-state index in [-0.39, 0.29) is 19.6 Å². The van der Waals surface area contributed by atoms with Gasteiger partial charge in [-0.15, -0.1) is 0 Å². The van der Waals surface area contributed by atoms with Gasteiger partial charge in [-0.25, -0.2) is 9.36 Å². The molecule has 1 aromatic rings. The monoisotopic (exact) mass is 729 g/mol. The zero-order chi connectivity index (χ0) is 36.5. The molecule has 1 saturated heterocycles. The minimum atomic E-state index is -4.56. The van der Waals surface area contributed by atoms with E-state index in [4.69, 9.17) is 28.8 Å². The number of ether oxygens (including phenoxy) is 3. The first-order valence-electron chi connectivity index (χ1n) is 19.0. The number of H-pyrrole nitrogens is 1. The lowest BCUT2D eigenvalue weighted by Crippen LogP contribution is -2.33. The molecule has 0 spiro atoms. The Labute approximate surface area is 298 Å². The molecule has 5 atom stereocenters. The Kier molecular flexibility index (Phi) is 23.6. The SMILES string of the molecule is CCCCCCCCCCCCOCC(COP(=O)(O)OC[C@H]1O[C@@H](n2cc(C)c(=O)[nH]c2=O)C[C@@H]1N=[N+]=[N-])OCCCCCCCCCC. The molecule has 0 aromatic carbocycles. The number of rotatable bonds is 31. The summed E-state index contributed by atoms with van der Waals surface area (Å²) in [5.41, 5.74) is 8.15. The van der Waals surface area contributed by atoms with Gasteiger partial charge in [-0.2, -0.15) is 0 Å². The predicted octanol–water partition coefficient (Wildman–Crippen LogP) is 8.41. The van der Waals surface area contributed by atoms with Crippen molar-refractivity contribution in [1.29, 1.82) is 0 Å². The topological polar surface area (TPSA) is 187 Å². The van der Waals surface area contributed by atoms with Crippen LogP contribution in [-0.2, 0) is 27.8 Å². The Morgan fingerprint density at radius 1 is 0.920 bits per heavy atom. The van der Waals surface area contributed by atoms with E-state index in [2.05, 4.69) is 28.9 Å². The standard InChI is InChI=1S/C35H64N5O9P/c1-4-6-8-10-12-14-15-16-18-20-22-45-26-30(46-23-21-19-17-13-11-9-7-5-2)27-47-50(43,44)48-28-32-31(38-39-36)24-33(49-32)40-25-29(3)34(41)37-35(40)42/h25,30-33H,4-24,26-28H2,1-3H3,(H,43,44)(H,37,41,42)/t30?,31-,32+,33+/m0/s1. The maximum Gasteiger partial charge on any atom is 0.472 e. The fourth-order valence-electron chi connectivity index (χ4n) is 5.94. The summed E-state index contributed by atoms with van der Waals surface area (Å²) in [6.07, 6.45) is 20.8. The number of phosphoric acid groups is 1. The highest BCUT2D eigenvalue weighted by Gasteiger charge is 2.38. The van der Waals surface area contributed by atoms with Crippen LogP contribution < -0.4 is 11.2 Å². The normalized spacial score (nSPS) is 19.3. The van der Waals surface area contributed by atoms with Crippen LogP contribution in [0.5, 0.6) is 0 Å². The summed E-state index contributed by atoms with van der Waals surface area (Å²) >= 11 is 0. The summed E-state index contributed by atoms with van der Waals surface area (Å²) in [7, 11) is -4.56. The first-order valence-corrected chi connectivity index (χ1v) is 20.5. The number of unbranched alkanes of at least 4 members (excludes halogenated alkanes) is 16. The molecule has 14 nitrogen and oxygen atoms in total. The van der Waals surface area contributed by atoms with Gasteiger partial charge in [0.1, 0.15) is 12.3 Å². The van der Waals surface area contributed by atoms with E-state index in [0.717, 1.165) is 32.1 Å². The van der Waals surface area contributed by atoms with Crippen LogP contribution in [0.15, 0.2) is 20.9 Å². The summed E-state index contributed by atoms with van der Waals surface area (Å²) in [4.78, 5) is 39.7. The highest BCUT2D eigenvalue weighted by molar-refractivity contribution is 7.47. The minimum Gasteiger partial charge on any atom is -0.379 e. The van der Waals surface area contributed by atoms with Crippen LogP contribution in [0, 0.1) is 6.92 Å². The van der Waals surface area contributed by atoms with Crippen molar-refractivity contribution < 1.29 is 32.7 Å². The van der Waals surface area contributed by atoms with Crippen molar-refractivity contribution in [3.05, 3.63) is 43.0 Å². The molecule has 0 saturated carbocycles. The number of aromatic nitrogens is 2. The molecule has 0 aliphatic carbocycles. The number of aromatic amines is 1. The highest BCUT2D eigenvalue weighted by Crippen LogP contribution is 2.44. The summed E-state index contributed by atoms with van der Waals surface area (Å²) in [6, 6.07) is -0.786. The Bertz CT molecular complexity index is 1260. The molecule has 0 amide bonds. The number of phosphoric ester groups is 1. The Hall–Kier alpha value is -2.02. The Morgan fingerprint density at radius 2 is 1.48 bits per heavy atom. The molecule has 50 heavy (non-hydrogen) atoms. The maximum absolute atomic E-state index is 12.9. The van der Waals surface area contributed by atoms with E-state index in [1.807, 2.05) is 0 Å². The Morgan fingerprint density at radius 3 is 2.06 bits per heavy atom. The van der Waals surface area contributed by atoms with Gasteiger partial charge < -0.3 is 19.1 Å². The van der Waals surface area contributed by atoms with Gasteiger partial charge in [0.15, 0.2) is 0 Å². The fraction of sp³-hybridized carbons (Fsp3) is 0.886. The molecule has 1 aliphatic rings. The van der Waals surface area contributed by atoms with E-state index in [9.17, 15) is 19.0 Å². The lowest BCUT2D eigenvalue weighted by molar-refractivity contribution is -0.0503. The fourth-order valence-corrected chi connectivity index (χ4v) is 6.71. The number of nitrogens with zero attached hydrogens (tertiary/aromatic N) is 4. The van der Waals surface area contributed by atoms with Crippen LogP contribution in [0.2, 0.25) is 0 Å². The molecule has 1 aromatic heterocycles. The lowest BCUT2D eigenvalue weighted by Gasteiger charge is -2.21. The lowest BCUT2D eigenvalue weighted by atomic mass is 10.1. The van der Waals surface area contributed by atoms with Gasteiger partial charge in [0, 0.05) is 36.3 Å². The molecule has 2 rings (SSSR count). The second-order valence-electron chi connectivity index (χ2n) is 13.4. The third kappa shape index (κ3) is 19.0. The summed E-state index contributed by atoms with van der Waals surface area (Å²) in [6.45, 7) is 6.67. The van der Waals surface area contributed by atoms with E-state index >= 15 is 0 Å². The van der Waals surface area contributed by atoms with Crippen molar-refractivity contribution in [2.24, 2.45) is 5.11 Å². The second kappa shape index (κ2) is 26.7. The molecule has 2 unspecified atom stereocenters. The van der Waals surface area contributed by atoms with Crippen LogP contribution in [-0.4, -0.2) is 65.7 Å². The van der Waals surface area contributed by atoms with Gasteiger partial charge in [-0.05, 0) is 25.3 Å². The molecule has 1 fully saturated rings. The molecule has 0 radical (unpaired) electrons. The highest BCUT2D eigenvalue weighted by atomic mass is 31.2. The molecule has 2 N–H and O–H groups in total. The largest absolute Gasteiger partial charge is 0.472 e. The average molecular weight is 730 g/mol. The van der Waals surface area contributed by atoms with Crippen LogP contribution >= 0.6 is 7.82 Å². The maximum atomic E-state index is 12.9. The Balaban J connectivity index is 1.81. The second-order valence-corrected chi connectivity index (χ2v) is 14.9. The zero-order valence-corrected chi connectivity index (χ0v) is 31.7. The minimum absolute atomic E-state index is 0.102. The molecule has 2 heterocycles. The number of aryl methyl sites for hydroxylation is 1. The molecule has 15 heteroatoms. The van der Waals surface area contributed by atoms with E-state index in [0.29, 0.717) is 18.8 Å². The van der Waals surface area contributed by atoms with Crippen molar-refractivity contribution in [3.8, 4) is 0 Å². The van der Waals surface area contributed by atoms with Crippen molar-refractivity contribution in [2.45, 2.75) is 167 Å². The van der Waals surface area contributed by atoms with Crippen LogP contribution in [0.25, 0.3) is 10.4 Å². The number of hydrogen-bond donors (Lipinski definition) is 2. The van der Waals surface area contributed by atoms with Crippen LogP contribution in [0.3, 0.4) is 0 Å². The van der Waals surface area contributed by atoms with Crippen molar-refractivity contribution >= 4 is 7.82 Å². The molecule has 1 aliphatic heterocycles. The van der Waals surface area contributed by atoms with Crippen molar-refractivity contribution in [2.75, 3.05) is 33.0 Å². The van der Waals surface area contributed by atoms with Gasteiger partial charge >= 0.3 is 13.5 Å². The van der Waals surface area contributed by atoms with Crippen molar-refractivity contribution in [3.63, 3.8) is 0 Å². The van der Waals surface area contributed by atoms with E-state index in [1.165, 1.54) is 94.2 Å². The molecular weight excluding hydrogens is 665 g/mol. The smallest absolute Gasteiger partial charge is 0.379 e. The van der Waals surface area contributed by atoms with Gasteiger partial charge in [-0.3, -0.25) is 23.4 Å². The first kappa shape index (κ1) is 44.1. The summed E-state index contributed by atoms with van der Waals surface area (Å²) < 4.78 is 42.4. The molecule has 288 valence electrons. The predicted molar refractivity (Wildman–Crippen MR) is 194 cm³/mol. The van der Waals surface area contributed by atoms with Crippen molar-refractivity contribution in [1.82, 2.24) is 9.55 Å². The van der Waals surface area contributed by atoms with E-state index < -0.39 is 50.2 Å². The summed E-state index contributed by atoms with van der Waals surface area (Å²) in [5.74, 6) is 0. The molecule has 0 bridgehead atoms. The van der Waals surface area contributed by atoms with Gasteiger partial charge in [0.25, 0.3) is 5.56 Å². The van der Waals surface area contributed by atoms with Gasteiger partial charge in [-0.1, -0.05) is 122 Å². The first-order chi connectivity index (χ1) is 24.2. The quantitative estimate of drug-likeness (QED) is 0.0249. The van der Waals surface area contributed by atoms with Gasteiger partial charge in [0.05, 0.1) is 32.0 Å². The van der Waals surface area contributed by atoms with Crippen LogP contribution in [0.1, 0.15) is 148 Å². The third-order valence-corrected chi connectivity index (χ3v) is 9.93. The average Bonchev–Trinajstić information content (AvgIpc) is 3.49. The number of nitrogens with one attached hydrogen (secondary N) is 1. The molecular formula is C35H64N5O9P. The number of hydrogen-bond acceptors (Lipinski definition) is 9. The zero-order valence-electron chi connectivity index (χ0n) is 30.8.